The molecule has 3 aromatic heterocycles. The third-order valence-corrected chi connectivity index (χ3v) is 9.39. The summed E-state index contributed by atoms with van der Waals surface area (Å²) in [5.41, 5.74) is 5.62. The van der Waals surface area contributed by atoms with Crippen molar-refractivity contribution in [1.29, 1.82) is 0 Å². The number of amides is 3. The molecule has 15 heteroatoms. The highest BCUT2D eigenvalue weighted by molar-refractivity contribution is 5.90. The molecule has 3 amide bonds. The van der Waals surface area contributed by atoms with Crippen molar-refractivity contribution in [3.63, 3.8) is 0 Å². The summed E-state index contributed by atoms with van der Waals surface area (Å²) in [4.78, 5) is 68.3. The third-order valence-electron chi connectivity index (χ3n) is 9.39. The van der Waals surface area contributed by atoms with Crippen LogP contribution in [0.15, 0.2) is 54.9 Å². The first-order valence-corrected chi connectivity index (χ1v) is 19.5. The van der Waals surface area contributed by atoms with E-state index in [4.69, 9.17) is 14.8 Å². The van der Waals surface area contributed by atoms with Crippen LogP contribution >= 0.6 is 0 Å². The number of likely N-dealkylation sites (tertiary alicyclic amines) is 1. The molecule has 0 bridgehead atoms. The van der Waals surface area contributed by atoms with E-state index in [1.165, 1.54) is 20.6 Å². The van der Waals surface area contributed by atoms with Crippen LogP contribution in [0.2, 0.25) is 0 Å². The number of likely N-dealkylation sites (N-methyl/N-ethyl adjacent to an activating group) is 1. The number of unbranched alkanes of at least 4 members (excludes halogenated alkanes) is 1. The molecule has 15 nitrogen and oxygen atoms in total. The molecular formula is C42H57N9O6. The number of fused-ring (bicyclic) bond motifs is 2. The van der Waals surface area contributed by atoms with Gasteiger partial charge in [-0.25, -0.2) is 14.8 Å². The van der Waals surface area contributed by atoms with Gasteiger partial charge in [-0.1, -0.05) is 52.3 Å². The highest BCUT2D eigenvalue weighted by Crippen LogP contribution is 2.34. The molecule has 5 aromatic rings. The number of imidazole rings is 2. The van der Waals surface area contributed by atoms with Gasteiger partial charge in [-0.05, 0) is 68.3 Å². The first kappa shape index (κ1) is 43.9. The van der Waals surface area contributed by atoms with Gasteiger partial charge in [0.15, 0.2) is 0 Å². The summed E-state index contributed by atoms with van der Waals surface area (Å²) in [5.74, 6) is 1.79. The monoisotopic (exact) mass is 783 g/mol. The first-order chi connectivity index (χ1) is 27.6. The van der Waals surface area contributed by atoms with Gasteiger partial charge in [0.1, 0.15) is 11.6 Å². The van der Waals surface area contributed by atoms with Crippen molar-refractivity contribution in [2.45, 2.75) is 78.3 Å². The summed E-state index contributed by atoms with van der Waals surface area (Å²) in [7, 11) is 4.41. The standard InChI is InChI=1S/C37H45N9O4.C3H8.C2H4O2/c1-22(2)34(38-3)36(48)46-15-7-8-31(46)35-44-27-13-12-25(18-29(27)45-35)28-17-23-10-11-24(16-26(23)19-40-28)30-20-41-32(43-30)9-5-6-14-39-33(47)21-42-37(49)50-4;1-3-2;1-4-2-3/h10-13,16-20,22,31,34,38H,5-9,14-15,21H2,1-4H3,(H,39,47)(H,41,43)(H,42,49)(H,44,45);3H2,1-2H3;2H,1H3. The molecule has 2 aromatic carbocycles. The third kappa shape index (κ3) is 12.1. The Kier molecular flexibility index (Phi) is 17.0. The molecule has 4 heterocycles. The number of hydrogen-bond acceptors (Lipinski definition) is 10. The lowest BCUT2D eigenvalue weighted by Crippen LogP contribution is -2.47. The molecule has 0 spiro atoms. The van der Waals surface area contributed by atoms with Gasteiger partial charge in [-0.15, -0.1) is 0 Å². The van der Waals surface area contributed by atoms with E-state index in [-0.39, 0.29) is 36.4 Å². The highest BCUT2D eigenvalue weighted by atomic mass is 16.5. The molecule has 1 aliphatic heterocycles. The van der Waals surface area contributed by atoms with Crippen LogP contribution in [-0.4, -0.2) is 101 Å². The largest absolute Gasteiger partial charge is 0.471 e. The normalized spacial score (nSPS) is 14.0. The van der Waals surface area contributed by atoms with Crippen molar-refractivity contribution in [3.05, 3.63) is 66.5 Å². The maximum absolute atomic E-state index is 13.4. The molecule has 57 heavy (non-hydrogen) atoms. The minimum absolute atomic E-state index is 0.0598. The van der Waals surface area contributed by atoms with Crippen LogP contribution in [-0.2, 0) is 30.3 Å². The van der Waals surface area contributed by atoms with E-state index in [1.54, 1.807) is 0 Å². The number of methoxy groups -OCH3 is 2. The fourth-order valence-electron chi connectivity index (χ4n) is 6.62. The molecular weight excluding hydrogens is 727 g/mol. The molecule has 0 radical (unpaired) electrons. The van der Waals surface area contributed by atoms with Crippen molar-refractivity contribution in [2.24, 2.45) is 5.92 Å². The van der Waals surface area contributed by atoms with Gasteiger partial charge in [0.05, 0.1) is 61.5 Å². The number of H-pyrrole nitrogens is 2. The van der Waals surface area contributed by atoms with E-state index in [2.05, 4.69) is 98.4 Å². The van der Waals surface area contributed by atoms with Gasteiger partial charge in [0, 0.05) is 42.2 Å². The number of carbonyl (C=O) groups is 4. The number of rotatable bonds is 14. The predicted octanol–water partition coefficient (Wildman–Crippen LogP) is 6.08. The predicted molar refractivity (Wildman–Crippen MR) is 221 cm³/mol. The van der Waals surface area contributed by atoms with Gasteiger partial charge in [-0.3, -0.25) is 19.4 Å². The van der Waals surface area contributed by atoms with Crippen LogP contribution in [0, 0.1) is 5.92 Å². The van der Waals surface area contributed by atoms with E-state index >= 15 is 0 Å². The molecule has 2 atom stereocenters. The lowest BCUT2D eigenvalue weighted by molar-refractivity contribution is -0.135. The topological polar surface area (TPSA) is 196 Å². The SMILES string of the molecule is CCC.CNC(C(=O)N1CCCC1c1nc2ccc(-c3cc4ccc(-c5cnc(CCCCNC(=O)CNC(=O)OC)[nH]5)cc4cn3)cc2[nH]1)C(C)C.COC=O. The van der Waals surface area contributed by atoms with Crippen molar-refractivity contribution in [1.82, 2.24) is 45.8 Å². The van der Waals surface area contributed by atoms with Gasteiger partial charge in [0.25, 0.3) is 6.47 Å². The minimum atomic E-state index is -0.633. The van der Waals surface area contributed by atoms with E-state index in [1.807, 2.05) is 36.5 Å². The molecule has 0 saturated carbocycles. The molecule has 2 unspecified atom stereocenters. The van der Waals surface area contributed by atoms with Gasteiger partial charge in [0.2, 0.25) is 11.8 Å². The zero-order chi connectivity index (χ0) is 41.3. The zero-order valence-electron chi connectivity index (χ0n) is 34.1. The number of hydrogen-bond donors (Lipinski definition) is 5. The van der Waals surface area contributed by atoms with Crippen LogP contribution in [0.3, 0.4) is 0 Å². The first-order valence-electron chi connectivity index (χ1n) is 19.5. The lowest BCUT2D eigenvalue weighted by Gasteiger charge is -2.29. The quantitative estimate of drug-likeness (QED) is 0.0651. The second-order valence-corrected chi connectivity index (χ2v) is 14.1. The Hall–Kier alpha value is -5.83. The Morgan fingerprint density at radius 1 is 0.965 bits per heavy atom. The van der Waals surface area contributed by atoms with Crippen LogP contribution in [0.25, 0.3) is 44.3 Å². The number of aryl methyl sites for hydroxylation is 1. The number of aromatic nitrogens is 5. The summed E-state index contributed by atoms with van der Waals surface area (Å²) in [6.07, 6.45) is 8.60. The average molecular weight is 784 g/mol. The van der Waals surface area contributed by atoms with E-state index in [0.29, 0.717) is 13.0 Å². The fourth-order valence-corrected chi connectivity index (χ4v) is 6.62. The number of pyridine rings is 1. The van der Waals surface area contributed by atoms with E-state index in [9.17, 15) is 14.4 Å². The second kappa shape index (κ2) is 22.0. The smallest absolute Gasteiger partial charge is 0.407 e. The summed E-state index contributed by atoms with van der Waals surface area (Å²) >= 11 is 0. The Morgan fingerprint density at radius 3 is 2.42 bits per heavy atom. The summed E-state index contributed by atoms with van der Waals surface area (Å²) < 4.78 is 8.32. The summed E-state index contributed by atoms with van der Waals surface area (Å²) in [6.45, 7) is 9.90. The second-order valence-electron chi connectivity index (χ2n) is 14.1. The molecule has 306 valence electrons. The Balaban J connectivity index is 0.000000954. The van der Waals surface area contributed by atoms with E-state index in [0.717, 1.165) is 94.6 Å². The number of aromatic amines is 2. The lowest BCUT2D eigenvalue weighted by atomic mass is 10.0. The van der Waals surface area contributed by atoms with Crippen molar-refractivity contribution >= 4 is 46.2 Å². The molecule has 1 aliphatic rings. The molecule has 1 fully saturated rings. The van der Waals surface area contributed by atoms with Crippen molar-refractivity contribution < 1.29 is 28.7 Å². The van der Waals surface area contributed by atoms with E-state index < -0.39 is 6.09 Å². The van der Waals surface area contributed by atoms with Crippen LogP contribution in [0.1, 0.15) is 77.5 Å². The maximum Gasteiger partial charge on any atom is 0.407 e. The van der Waals surface area contributed by atoms with Crippen molar-refractivity contribution in [2.75, 3.05) is 40.9 Å². The number of nitrogens with zero attached hydrogens (tertiary/aromatic N) is 4. The molecule has 0 aliphatic carbocycles. The number of nitrogens with one attached hydrogen (secondary N) is 5. The summed E-state index contributed by atoms with van der Waals surface area (Å²) in [6, 6.07) is 14.3. The Bertz CT molecular complexity index is 2080. The molecule has 6 rings (SSSR count). The average Bonchev–Trinajstić information content (AvgIpc) is 4.00. The maximum atomic E-state index is 13.4. The summed E-state index contributed by atoms with van der Waals surface area (Å²) in [5, 5.41) is 10.4. The zero-order valence-corrected chi connectivity index (χ0v) is 34.1. The number of carbonyl (C=O) groups excluding carboxylic acids is 4. The number of ether oxygens (including phenoxy) is 2. The highest BCUT2D eigenvalue weighted by Gasteiger charge is 2.36. The van der Waals surface area contributed by atoms with Gasteiger partial charge >= 0.3 is 6.09 Å². The van der Waals surface area contributed by atoms with Crippen LogP contribution < -0.4 is 16.0 Å². The van der Waals surface area contributed by atoms with Crippen molar-refractivity contribution in [3.8, 4) is 22.5 Å². The fraction of sp³-hybridized carbons (Fsp3) is 0.452. The number of benzene rings is 2. The molecule has 5 N–H and O–H groups in total. The van der Waals surface area contributed by atoms with Gasteiger partial charge < -0.3 is 40.3 Å². The minimum Gasteiger partial charge on any atom is -0.471 e. The molecule has 1 saturated heterocycles. The number of alkyl carbamates (subject to hydrolysis) is 1. The Labute approximate surface area is 334 Å². The van der Waals surface area contributed by atoms with Gasteiger partial charge in [-0.2, -0.15) is 0 Å². The Morgan fingerprint density at radius 2 is 1.72 bits per heavy atom. The van der Waals surface area contributed by atoms with Crippen LogP contribution in [0.5, 0.6) is 0 Å². The van der Waals surface area contributed by atoms with Crippen LogP contribution in [0.4, 0.5) is 4.79 Å².